The second-order valence-corrected chi connectivity index (χ2v) is 6.76. The molecule has 1 saturated carbocycles. The fourth-order valence-corrected chi connectivity index (χ4v) is 2.71. The molecule has 0 radical (unpaired) electrons. The van der Waals surface area contributed by atoms with Crippen LogP contribution in [-0.4, -0.2) is 19.1 Å². The van der Waals surface area contributed by atoms with Crippen LogP contribution < -0.4 is 14.8 Å². The van der Waals surface area contributed by atoms with Gasteiger partial charge in [-0.25, -0.2) is 0 Å². The number of nitrogens with one attached hydrogen (secondary N) is 1. The Morgan fingerprint density at radius 3 is 2.72 bits per heavy atom. The summed E-state index contributed by atoms with van der Waals surface area (Å²) < 4.78 is 11.4. The normalized spacial score (nSPS) is 13.4. The van der Waals surface area contributed by atoms with E-state index >= 15 is 0 Å². The lowest BCUT2D eigenvalue weighted by Crippen LogP contribution is -2.28. The molecule has 0 spiro atoms. The number of carbonyl (C=O) groups is 1. The van der Waals surface area contributed by atoms with Crippen LogP contribution >= 0.6 is 11.6 Å². The van der Waals surface area contributed by atoms with Gasteiger partial charge in [0.15, 0.2) is 0 Å². The molecule has 0 aromatic heterocycles. The number of ether oxygens (including phenoxy) is 2. The first-order chi connectivity index (χ1) is 12.1. The van der Waals surface area contributed by atoms with Gasteiger partial charge in [-0.1, -0.05) is 23.7 Å². The maximum atomic E-state index is 11.6. The van der Waals surface area contributed by atoms with Crippen LogP contribution in [0.4, 0.5) is 0 Å². The van der Waals surface area contributed by atoms with E-state index in [0.29, 0.717) is 42.0 Å². The molecule has 4 nitrogen and oxygen atoms in total. The second-order valence-electron chi connectivity index (χ2n) is 6.36. The molecule has 1 amide bonds. The van der Waals surface area contributed by atoms with Crippen molar-refractivity contribution >= 4 is 17.5 Å². The summed E-state index contributed by atoms with van der Waals surface area (Å²) >= 11 is 6.25. The van der Waals surface area contributed by atoms with E-state index in [0.717, 1.165) is 11.3 Å². The molecule has 0 atom stereocenters. The smallest absolute Gasteiger partial charge is 0.220 e. The summed E-state index contributed by atoms with van der Waals surface area (Å²) in [4.78, 5) is 11.6. The molecule has 1 fully saturated rings. The Hall–Kier alpha value is -2.20. The number of aryl methyl sites for hydroxylation is 1. The molecule has 5 heteroatoms. The van der Waals surface area contributed by atoms with Crippen molar-refractivity contribution in [2.24, 2.45) is 5.92 Å². The first-order valence-corrected chi connectivity index (χ1v) is 8.91. The van der Waals surface area contributed by atoms with Gasteiger partial charge >= 0.3 is 0 Å². The third-order valence-corrected chi connectivity index (χ3v) is 4.28. The molecular formula is C20H22ClNO3. The summed E-state index contributed by atoms with van der Waals surface area (Å²) in [5, 5.41) is 3.34. The van der Waals surface area contributed by atoms with E-state index in [2.05, 4.69) is 5.32 Å². The van der Waals surface area contributed by atoms with E-state index in [1.807, 2.05) is 37.3 Å². The zero-order chi connectivity index (χ0) is 17.6. The predicted molar refractivity (Wildman–Crippen MR) is 98.6 cm³/mol. The van der Waals surface area contributed by atoms with Gasteiger partial charge in [0.1, 0.15) is 23.9 Å². The maximum absolute atomic E-state index is 11.6. The van der Waals surface area contributed by atoms with Gasteiger partial charge < -0.3 is 14.8 Å². The molecule has 0 aliphatic heterocycles. The summed E-state index contributed by atoms with van der Waals surface area (Å²) in [7, 11) is 0. The lowest BCUT2D eigenvalue weighted by atomic mass is 10.2. The summed E-state index contributed by atoms with van der Waals surface area (Å²) in [5.74, 6) is 2.69. The molecule has 0 heterocycles. The third-order valence-electron chi connectivity index (χ3n) is 3.98. The van der Waals surface area contributed by atoms with Crippen molar-refractivity contribution in [3.8, 4) is 17.2 Å². The minimum absolute atomic E-state index is 0.0964. The summed E-state index contributed by atoms with van der Waals surface area (Å²) in [6.45, 7) is 2.87. The van der Waals surface area contributed by atoms with Crippen LogP contribution in [0.3, 0.4) is 0 Å². The largest absolute Gasteiger partial charge is 0.490 e. The molecule has 1 N–H and O–H groups in total. The van der Waals surface area contributed by atoms with Gasteiger partial charge in [0.25, 0.3) is 0 Å². The fraction of sp³-hybridized carbons (Fsp3) is 0.350. The second kappa shape index (κ2) is 8.26. The van der Waals surface area contributed by atoms with Gasteiger partial charge in [0, 0.05) is 12.5 Å². The average molecular weight is 360 g/mol. The van der Waals surface area contributed by atoms with Gasteiger partial charge in [0.05, 0.1) is 11.6 Å². The van der Waals surface area contributed by atoms with E-state index in [-0.39, 0.29) is 5.91 Å². The first kappa shape index (κ1) is 17.6. The molecule has 3 rings (SSSR count). The maximum Gasteiger partial charge on any atom is 0.220 e. The van der Waals surface area contributed by atoms with E-state index in [1.165, 1.54) is 12.8 Å². The average Bonchev–Trinajstić information content (AvgIpc) is 3.37. The molecule has 0 bridgehead atoms. The van der Waals surface area contributed by atoms with E-state index in [4.69, 9.17) is 21.1 Å². The number of benzene rings is 2. The summed E-state index contributed by atoms with van der Waals surface area (Å²) in [5.41, 5.74) is 1.13. The van der Waals surface area contributed by atoms with Crippen molar-refractivity contribution < 1.29 is 14.3 Å². The van der Waals surface area contributed by atoms with Crippen molar-refractivity contribution in [1.82, 2.24) is 5.32 Å². The van der Waals surface area contributed by atoms with Crippen LogP contribution in [0.5, 0.6) is 17.2 Å². The first-order valence-electron chi connectivity index (χ1n) is 8.54. The Morgan fingerprint density at radius 2 is 2.00 bits per heavy atom. The summed E-state index contributed by atoms with van der Waals surface area (Å²) in [6.07, 6.45) is 2.98. The van der Waals surface area contributed by atoms with Crippen LogP contribution in [0.1, 0.15) is 24.8 Å². The Bertz CT molecular complexity index is 743. The number of rotatable bonds is 8. The summed E-state index contributed by atoms with van der Waals surface area (Å²) in [6, 6.07) is 13.1. The van der Waals surface area contributed by atoms with Gasteiger partial charge in [-0.05, 0) is 55.5 Å². The van der Waals surface area contributed by atoms with Gasteiger partial charge in [-0.15, -0.1) is 0 Å². The van der Waals surface area contributed by atoms with Crippen molar-refractivity contribution in [2.45, 2.75) is 26.2 Å². The Labute approximate surface area is 153 Å². The quantitative estimate of drug-likeness (QED) is 0.693. The van der Waals surface area contributed by atoms with Gasteiger partial charge in [0.2, 0.25) is 5.91 Å². The standard InChI is InChI=1S/C20H22ClNO3/c1-14-3-2-4-16(11-14)25-17-7-8-19(18(21)13-17)24-10-9-22-20(23)12-15-5-6-15/h2-4,7-8,11,13,15H,5-6,9-10,12H2,1H3,(H,22,23). The SMILES string of the molecule is Cc1cccc(Oc2ccc(OCCNC(=O)CC3CC3)c(Cl)c2)c1. The monoisotopic (exact) mass is 359 g/mol. The third kappa shape index (κ3) is 5.68. The zero-order valence-corrected chi connectivity index (χ0v) is 15.0. The van der Waals surface area contributed by atoms with Crippen molar-refractivity contribution in [2.75, 3.05) is 13.2 Å². The lowest BCUT2D eigenvalue weighted by molar-refractivity contribution is -0.121. The molecule has 1 aliphatic rings. The molecule has 1 aliphatic carbocycles. The zero-order valence-electron chi connectivity index (χ0n) is 14.3. The highest BCUT2D eigenvalue weighted by atomic mass is 35.5. The topological polar surface area (TPSA) is 47.6 Å². The molecule has 0 saturated heterocycles. The minimum Gasteiger partial charge on any atom is -0.490 e. The number of amides is 1. The number of carbonyl (C=O) groups excluding carboxylic acids is 1. The highest BCUT2D eigenvalue weighted by Gasteiger charge is 2.23. The van der Waals surface area contributed by atoms with E-state index in [9.17, 15) is 4.79 Å². The van der Waals surface area contributed by atoms with Crippen LogP contribution in [0.15, 0.2) is 42.5 Å². The highest BCUT2D eigenvalue weighted by molar-refractivity contribution is 6.32. The Kier molecular flexibility index (Phi) is 5.82. The molecule has 0 unspecified atom stereocenters. The minimum atomic E-state index is 0.0964. The molecular weight excluding hydrogens is 338 g/mol. The highest BCUT2D eigenvalue weighted by Crippen LogP contribution is 2.32. The molecule has 132 valence electrons. The predicted octanol–water partition coefficient (Wildman–Crippen LogP) is 4.74. The van der Waals surface area contributed by atoms with Crippen molar-refractivity contribution in [3.05, 3.63) is 53.1 Å². The van der Waals surface area contributed by atoms with Crippen molar-refractivity contribution in [3.63, 3.8) is 0 Å². The van der Waals surface area contributed by atoms with Gasteiger partial charge in [-0.3, -0.25) is 4.79 Å². The van der Waals surface area contributed by atoms with Crippen LogP contribution in [0, 0.1) is 12.8 Å². The molecule has 2 aromatic carbocycles. The van der Waals surface area contributed by atoms with Gasteiger partial charge in [-0.2, -0.15) is 0 Å². The van der Waals surface area contributed by atoms with Crippen LogP contribution in [0.2, 0.25) is 5.02 Å². The van der Waals surface area contributed by atoms with E-state index in [1.54, 1.807) is 12.1 Å². The number of hydrogen-bond donors (Lipinski definition) is 1. The van der Waals surface area contributed by atoms with Crippen molar-refractivity contribution in [1.29, 1.82) is 0 Å². The fourth-order valence-electron chi connectivity index (χ4n) is 2.48. The molecule has 25 heavy (non-hydrogen) atoms. The lowest BCUT2D eigenvalue weighted by Gasteiger charge is -2.11. The van der Waals surface area contributed by atoms with Crippen LogP contribution in [0.25, 0.3) is 0 Å². The Morgan fingerprint density at radius 1 is 1.20 bits per heavy atom. The van der Waals surface area contributed by atoms with Crippen LogP contribution in [-0.2, 0) is 4.79 Å². The van der Waals surface area contributed by atoms with E-state index < -0.39 is 0 Å². The Balaban J connectivity index is 1.47. The number of halogens is 1. The number of hydrogen-bond acceptors (Lipinski definition) is 3. The molecule has 2 aromatic rings.